The number of aromatic amines is 1. The Morgan fingerprint density at radius 3 is 2.36 bits per heavy atom. The maximum absolute atomic E-state index is 9.86. The van der Waals surface area contributed by atoms with Crippen LogP contribution < -0.4 is 0 Å². The zero-order valence-corrected chi connectivity index (χ0v) is 18.9. The van der Waals surface area contributed by atoms with Crippen molar-refractivity contribution in [1.29, 1.82) is 5.26 Å². The Hall–Kier alpha value is -4.36. The highest BCUT2D eigenvalue weighted by Gasteiger charge is 2.13. The van der Waals surface area contributed by atoms with Crippen molar-refractivity contribution in [2.45, 2.75) is 20.8 Å². The first-order valence-electron chi connectivity index (χ1n) is 11.0. The second-order valence-corrected chi connectivity index (χ2v) is 8.35. The Morgan fingerprint density at radius 1 is 0.909 bits per heavy atom. The van der Waals surface area contributed by atoms with Crippen LogP contribution >= 0.6 is 0 Å². The monoisotopic (exact) mass is 428 g/mol. The standard InChI is InChI=1S/C29H24N4/c1-19-9-14-27-28(15-19)32-29(31-27)25(18-30)17-24-16-20(2)33(21(24)3)26-12-10-23(11-13-26)22-7-5-4-6-8-22/h4-17H,1-3H3,(H,31,32). The molecule has 0 radical (unpaired) electrons. The molecule has 33 heavy (non-hydrogen) atoms. The topological polar surface area (TPSA) is 57.4 Å². The minimum atomic E-state index is 0.517. The molecule has 0 spiro atoms. The Morgan fingerprint density at radius 2 is 1.64 bits per heavy atom. The zero-order valence-electron chi connectivity index (χ0n) is 18.9. The van der Waals surface area contributed by atoms with Crippen LogP contribution in [-0.2, 0) is 0 Å². The van der Waals surface area contributed by atoms with Gasteiger partial charge in [0.1, 0.15) is 11.9 Å². The van der Waals surface area contributed by atoms with Gasteiger partial charge in [-0.15, -0.1) is 0 Å². The number of hydrogen-bond donors (Lipinski definition) is 1. The van der Waals surface area contributed by atoms with Crippen molar-refractivity contribution in [2.24, 2.45) is 0 Å². The minimum absolute atomic E-state index is 0.517. The molecule has 2 aromatic heterocycles. The number of nitrogens with one attached hydrogen (secondary N) is 1. The van der Waals surface area contributed by atoms with Crippen LogP contribution in [-0.4, -0.2) is 14.5 Å². The highest BCUT2D eigenvalue weighted by atomic mass is 15.0. The molecule has 5 rings (SSSR count). The molecule has 0 unspecified atom stereocenters. The summed E-state index contributed by atoms with van der Waals surface area (Å²) in [5.41, 5.74) is 10.2. The number of nitriles is 1. The summed E-state index contributed by atoms with van der Waals surface area (Å²) in [6, 6.07) is 29.4. The maximum atomic E-state index is 9.86. The highest BCUT2D eigenvalue weighted by molar-refractivity contribution is 5.91. The summed E-state index contributed by atoms with van der Waals surface area (Å²) in [5, 5.41) is 9.86. The number of hydrogen-bond acceptors (Lipinski definition) is 2. The molecular formula is C29H24N4. The van der Waals surface area contributed by atoms with E-state index in [0.717, 1.165) is 39.2 Å². The Labute approximate surface area is 193 Å². The van der Waals surface area contributed by atoms with E-state index < -0.39 is 0 Å². The van der Waals surface area contributed by atoms with Crippen molar-refractivity contribution in [3.8, 4) is 22.9 Å². The van der Waals surface area contributed by atoms with Crippen molar-refractivity contribution in [2.75, 3.05) is 0 Å². The van der Waals surface area contributed by atoms with Gasteiger partial charge in [0.2, 0.25) is 0 Å². The van der Waals surface area contributed by atoms with Gasteiger partial charge < -0.3 is 9.55 Å². The first-order valence-corrected chi connectivity index (χ1v) is 11.0. The first-order chi connectivity index (χ1) is 16.0. The molecule has 4 nitrogen and oxygen atoms in total. The third-order valence-electron chi connectivity index (χ3n) is 6.02. The summed E-state index contributed by atoms with van der Waals surface area (Å²) in [4.78, 5) is 7.92. The molecular weight excluding hydrogens is 404 g/mol. The predicted molar refractivity (Wildman–Crippen MR) is 135 cm³/mol. The largest absolute Gasteiger partial charge is 0.337 e. The molecule has 5 aromatic rings. The van der Waals surface area contributed by atoms with Crippen molar-refractivity contribution in [3.63, 3.8) is 0 Å². The number of aromatic nitrogens is 3. The number of benzene rings is 3. The lowest BCUT2D eigenvalue weighted by atomic mass is 10.1. The van der Waals surface area contributed by atoms with Crippen LogP contribution in [0.25, 0.3) is 39.5 Å². The second-order valence-electron chi connectivity index (χ2n) is 8.35. The molecule has 0 bridgehead atoms. The highest BCUT2D eigenvalue weighted by Crippen LogP contribution is 2.27. The van der Waals surface area contributed by atoms with Gasteiger partial charge >= 0.3 is 0 Å². The van der Waals surface area contributed by atoms with E-state index >= 15 is 0 Å². The number of allylic oxidation sites excluding steroid dienone is 1. The molecule has 1 N–H and O–H groups in total. The third kappa shape index (κ3) is 3.86. The van der Waals surface area contributed by atoms with Crippen LogP contribution in [0.5, 0.6) is 0 Å². The fourth-order valence-electron chi connectivity index (χ4n) is 4.32. The van der Waals surface area contributed by atoms with E-state index in [-0.39, 0.29) is 0 Å². The number of aryl methyl sites for hydroxylation is 2. The van der Waals surface area contributed by atoms with Crippen molar-refractivity contribution >= 4 is 22.7 Å². The fraction of sp³-hybridized carbons (Fsp3) is 0.103. The normalized spacial score (nSPS) is 11.6. The van der Waals surface area contributed by atoms with Crippen LogP contribution in [0.3, 0.4) is 0 Å². The van der Waals surface area contributed by atoms with E-state index in [1.807, 2.05) is 37.3 Å². The van der Waals surface area contributed by atoms with E-state index in [4.69, 9.17) is 0 Å². The predicted octanol–water partition coefficient (Wildman–Crippen LogP) is 7.01. The number of nitrogens with zero attached hydrogens (tertiary/aromatic N) is 3. The van der Waals surface area contributed by atoms with E-state index in [2.05, 4.69) is 89.0 Å². The smallest absolute Gasteiger partial charge is 0.149 e. The molecule has 0 aliphatic carbocycles. The number of H-pyrrole nitrogens is 1. The molecule has 3 aromatic carbocycles. The Balaban J connectivity index is 1.51. The second kappa shape index (κ2) is 8.29. The van der Waals surface area contributed by atoms with Gasteiger partial charge in [-0.3, -0.25) is 0 Å². The lowest BCUT2D eigenvalue weighted by Crippen LogP contribution is -1.99. The molecule has 0 fully saturated rings. The van der Waals surface area contributed by atoms with Crippen molar-refractivity contribution in [1.82, 2.24) is 14.5 Å². The first kappa shape index (κ1) is 20.5. The molecule has 0 aliphatic rings. The van der Waals surface area contributed by atoms with E-state index in [1.165, 1.54) is 11.1 Å². The summed E-state index contributed by atoms with van der Waals surface area (Å²) >= 11 is 0. The van der Waals surface area contributed by atoms with Crippen LogP contribution in [0.1, 0.15) is 28.3 Å². The molecule has 4 heteroatoms. The van der Waals surface area contributed by atoms with Crippen molar-refractivity contribution in [3.05, 3.63) is 107 Å². The van der Waals surface area contributed by atoms with E-state index in [1.54, 1.807) is 0 Å². The van der Waals surface area contributed by atoms with Gasteiger partial charge in [0.25, 0.3) is 0 Å². The number of rotatable bonds is 4. The van der Waals surface area contributed by atoms with Crippen LogP contribution in [0.15, 0.2) is 78.9 Å². The lowest BCUT2D eigenvalue weighted by molar-refractivity contribution is 0.965. The van der Waals surface area contributed by atoms with Crippen LogP contribution in [0.4, 0.5) is 0 Å². The van der Waals surface area contributed by atoms with Crippen molar-refractivity contribution < 1.29 is 0 Å². The van der Waals surface area contributed by atoms with Gasteiger partial charge in [-0.2, -0.15) is 5.26 Å². The zero-order chi connectivity index (χ0) is 22.9. The maximum Gasteiger partial charge on any atom is 0.149 e. The van der Waals surface area contributed by atoms with Gasteiger partial charge in [0, 0.05) is 17.1 Å². The molecule has 0 saturated heterocycles. The van der Waals surface area contributed by atoms with Gasteiger partial charge in [0.05, 0.1) is 16.6 Å². The minimum Gasteiger partial charge on any atom is -0.337 e. The molecule has 0 aliphatic heterocycles. The fourth-order valence-corrected chi connectivity index (χ4v) is 4.32. The molecule has 160 valence electrons. The molecule has 0 saturated carbocycles. The summed E-state index contributed by atoms with van der Waals surface area (Å²) in [7, 11) is 0. The van der Waals surface area contributed by atoms with Gasteiger partial charge in [0.15, 0.2) is 0 Å². The van der Waals surface area contributed by atoms with Gasteiger partial charge in [-0.05, 0) is 79.4 Å². The number of fused-ring (bicyclic) bond motifs is 1. The van der Waals surface area contributed by atoms with E-state index in [9.17, 15) is 5.26 Å². The van der Waals surface area contributed by atoms with Gasteiger partial charge in [-0.25, -0.2) is 4.98 Å². The number of imidazole rings is 1. The summed E-state index contributed by atoms with van der Waals surface area (Å²) in [6.07, 6.45) is 1.92. The lowest BCUT2D eigenvalue weighted by Gasteiger charge is -2.11. The average Bonchev–Trinajstić information content (AvgIpc) is 3.37. The summed E-state index contributed by atoms with van der Waals surface area (Å²) < 4.78 is 2.22. The van der Waals surface area contributed by atoms with Crippen LogP contribution in [0.2, 0.25) is 0 Å². The Bertz CT molecular complexity index is 1520. The molecule has 0 atom stereocenters. The summed E-state index contributed by atoms with van der Waals surface area (Å²) in [6.45, 7) is 6.22. The van der Waals surface area contributed by atoms with Gasteiger partial charge in [-0.1, -0.05) is 48.5 Å². The SMILES string of the molecule is Cc1ccc2nc(C(C#N)=Cc3cc(C)n(-c4ccc(-c5ccccc5)cc4)c3C)[nH]c2c1. The molecule has 0 amide bonds. The Kier molecular flexibility index (Phi) is 5.16. The van der Waals surface area contributed by atoms with E-state index in [0.29, 0.717) is 11.4 Å². The van der Waals surface area contributed by atoms with Crippen LogP contribution in [0, 0.1) is 32.1 Å². The third-order valence-corrected chi connectivity index (χ3v) is 6.02. The summed E-state index contributed by atoms with van der Waals surface area (Å²) in [5.74, 6) is 0.593. The average molecular weight is 429 g/mol. The quantitative estimate of drug-likeness (QED) is 0.313. The molecule has 2 heterocycles.